The Morgan fingerprint density at radius 3 is 2.84 bits per heavy atom. The molecular formula is C19H21N3O2S. The molecule has 5 nitrogen and oxygen atoms in total. The van der Waals surface area contributed by atoms with Gasteiger partial charge in [-0.3, -0.25) is 9.59 Å². The molecule has 0 spiro atoms. The minimum Gasteiger partial charge on any atom is -0.339 e. The van der Waals surface area contributed by atoms with Gasteiger partial charge in [0, 0.05) is 25.6 Å². The van der Waals surface area contributed by atoms with Crippen molar-refractivity contribution in [3.63, 3.8) is 0 Å². The molecule has 2 aliphatic heterocycles. The van der Waals surface area contributed by atoms with Crippen molar-refractivity contribution < 1.29 is 9.59 Å². The van der Waals surface area contributed by atoms with Crippen LogP contribution in [0.25, 0.3) is 10.2 Å². The first-order valence-electron chi connectivity index (χ1n) is 9.16. The van der Waals surface area contributed by atoms with Gasteiger partial charge in [-0.1, -0.05) is 12.1 Å². The number of aromatic nitrogens is 1. The van der Waals surface area contributed by atoms with Crippen LogP contribution in [-0.4, -0.2) is 45.7 Å². The normalized spacial score (nSPS) is 26.8. The third-order valence-electron chi connectivity index (χ3n) is 5.63. The first-order chi connectivity index (χ1) is 12.2. The number of fused-ring (bicyclic) bond motifs is 1. The Morgan fingerprint density at radius 1 is 1.20 bits per heavy atom. The smallest absolute Gasteiger partial charge is 0.228 e. The van der Waals surface area contributed by atoms with Gasteiger partial charge in [0.05, 0.1) is 22.2 Å². The van der Waals surface area contributed by atoms with Gasteiger partial charge in [0.15, 0.2) is 0 Å². The molecule has 0 radical (unpaired) electrons. The Balaban J connectivity index is 1.37. The summed E-state index contributed by atoms with van der Waals surface area (Å²) in [6, 6.07) is 8.62. The van der Waals surface area contributed by atoms with Gasteiger partial charge in [0.2, 0.25) is 11.8 Å². The quantitative estimate of drug-likeness (QED) is 0.850. The zero-order valence-corrected chi connectivity index (χ0v) is 14.9. The number of hydrogen-bond donors (Lipinski definition) is 0. The molecule has 5 rings (SSSR count). The SMILES string of the molecule is O=C1CC(C(=O)N2CCCC2c2nc3ccccc3s2)CN1C1CC1. The molecule has 3 fully saturated rings. The van der Waals surface area contributed by atoms with E-state index in [9.17, 15) is 9.59 Å². The highest BCUT2D eigenvalue weighted by Gasteiger charge is 2.44. The minimum absolute atomic E-state index is 0.0787. The van der Waals surface area contributed by atoms with E-state index in [2.05, 4.69) is 6.07 Å². The summed E-state index contributed by atoms with van der Waals surface area (Å²) in [5, 5.41) is 1.04. The van der Waals surface area contributed by atoms with Crippen LogP contribution in [0.4, 0.5) is 0 Å². The molecule has 25 heavy (non-hydrogen) atoms. The summed E-state index contributed by atoms with van der Waals surface area (Å²) >= 11 is 1.69. The number of likely N-dealkylation sites (tertiary alicyclic amines) is 2. The molecule has 6 heteroatoms. The van der Waals surface area contributed by atoms with Crippen molar-refractivity contribution in [1.82, 2.24) is 14.8 Å². The first kappa shape index (κ1) is 15.3. The lowest BCUT2D eigenvalue weighted by Crippen LogP contribution is -2.37. The molecule has 2 saturated heterocycles. The van der Waals surface area contributed by atoms with Gasteiger partial charge in [-0.2, -0.15) is 0 Å². The molecule has 1 aromatic heterocycles. The second-order valence-electron chi connectivity index (χ2n) is 7.39. The van der Waals surface area contributed by atoms with E-state index in [0.29, 0.717) is 19.0 Å². The van der Waals surface area contributed by atoms with Gasteiger partial charge in [-0.15, -0.1) is 11.3 Å². The van der Waals surface area contributed by atoms with Gasteiger partial charge in [-0.25, -0.2) is 4.98 Å². The molecule has 1 aromatic carbocycles. The molecule has 2 unspecified atom stereocenters. The van der Waals surface area contributed by atoms with Crippen LogP contribution in [-0.2, 0) is 9.59 Å². The lowest BCUT2D eigenvalue weighted by atomic mass is 10.1. The molecule has 2 atom stereocenters. The molecule has 2 aromatic rings. The van der Waals surface area contributed by atoms with Crippen LogP contribution < -0.4 is 0 Å². The fourth-order valence-electron chi connectivity index (χ4n) is 4.19. The van der Waals surface area contributed by atoms with E-state index in [4.69, 9.17) is 4.98 Å². The number of amides is 2. The number of thiazole rings is 1. The van der Waals surface area contributed by atoms with Gasteiger partial charge in [0.25, 0.3) is 0 Å². The molecule has 130 valence electrons. The highest BCUT2D eigenvalue weighted by molar-refractivity contribution is 7.18. The summed E-state index contributed by atoms with van der Waals surface area (Å²) in [7, 11) is 0. The van der Waals surface area contributed by atoms with Crippen molar-refractivity contribution >= 4 is 33.4 Å². The summed E-state index contributed by atoms with van der Waals surface area (Å²) in [4.78, 5) is 34.0. The Morgan fingerprint density at radius 2 is 2.04 bits per heavy atom. The maximum absolute atomic E-state index is 13.1. The topological polar surface area (TPSA) is 53.5 Å². The van der Waals surface area contributed by atoms with Crippen LogP contribution >= 0.6 is 11.3 Å². The summed E-state index contributed by atoms with van der Waals surface area (Å²) < 4.78 is 1.17. The maximum Gasteiger partial charge on any atom is 0.228 e. The van der Waals surface area contributed by atoms with Crippen molar-refractivity contribution in [3.05, 3.63) is 29.3 Å². The summed E-state index contributed by atoms with van der Waals surface area (Å²) in [5.41, 5.74) is 1.01. The van der Waals surface area contributed by atoms with Crippen LogP contribution in [0.2, 0.25) is 0 Å². The highest BCUT2D eigenvalue weighted by atomic mass is 32.1. The summed E-state index contributed by atoms with van der Waals surface area (Å²) in [6.07, 6.45) is 4.58. The molecular weight excluding hydrogens is 334 g/mol. The Kier molecular flexibility index (Phi) is 3.55. The van der Waals surface area contributed by atoms with Gasteiger partial charge >= 0.3 is 0 Å². The predicted octanol–water partition coefficient (Wildman–Crippen LogP) is 2.97. The Hall–Kier alpha value is -1.95. The number of para-hydroxylation sites is 1. The number of carbonyl (C=O) groups is 2. The van der Waals surface area contributed by atoms with Gasteiger partial charge in [0.1, 0.15) is 5.01 Å². The number of nitrogens with zero attached hydrogens (tertiary/aromatic N) is 3. The van der Waals surface area contributed by atoms with E-state index < -0.39 is 0 Å². The zero-order valence-electron chi connectivity index (χ0n) is 14.1. The number of benzene rings is 1. The van der Waals surface area contributed by atoms with Crippen molar-refractivity contribution in [2.24, 2.45) is 5.92 Å². The van der Waals surface area contributed by atoms with Crippen LogP contribution in [0, 0.1) is 5.92 Å². The van der Waals surface area contributed by atoms with Crippen LogP contribution in [0.1, 0.15) is 43.2 Å². The molecule has 3 aliphatic rings. The fraction of sp³-hybridized carbons (Fsp3) is 0.526. The first-order valence-corrected chi connectivity index (χ1v) is 9.98. The van der Waals surface area contributed by atoms with E-state index in [1.165, 1.54) is 4.70 Å². The highest BCUT2D eigenvalue weighted by Crippen LogP contribution is 2.39. The van der Waals surface area contributed by atoms with E-state index in [1.54, 1.807) is 11.3 Å². The average Bonchev–Trinajstić information content (AvgIpc) is 3.05. The summed E-state index contributed by atoms with van der Waals surface area (Å²) in [6.45, 7) is 1.40. The van der Waals surface area contributed by atoms with E-state index in [0.717, 1.165) is 42.8 Å². The molecule has 0 bridgehead atoms. The summed E-state index contributed by atoms with van der Waals surface area (Å²) in [5.74, 6) is 0.151. The Labute approximate surface area is 150 Å². The third kappa shape index (κ3) is 2.63. The monoisotopic (exact) mass is 355 g/mol. The van der Waals surface area contributed by atoms with E-state index in [1.807, 2.05) is 28.0 Å². The lowest BCUT2D eigenvalue weighted by Gasteiger charge is -2.26. The second kappa shape index (κ2) is 5.80. The van der Waals surface area contributed by atoms with Crippen LogP contribution in [0.15, 0.2) is 24.3 Å². The average molecular weight is 355 g/mol. The second-order valence-corrected chi connectivity index (χ2v) is 8.45. The fourth-order valence-corrected chi connectivity index (χ4v) is 5.31. The third-order valence-corrected chi connectivity index (χ3v) is 6.76. The zero-order chi connectivity index (χ0) is 17.0. The van der Waals surface area contributed by atoms with Crippen molar-refractivity contribution in [2.75, 3.05) is 13.1 Å². The lowest BCUT2D eigenvalue weighted by molar-refractivity contribution is -0.136. The van der Waals surface area contributed by atoms with Gasteiger partial charge in [-0.05, 0) is 37.8 Å². The molecule has 2 amide bonds. The largest absolute Gasteiger partial charge is 0.339 e. The van der Waals surface area contributed by atoms with Crippen molar-refractivity contribution in [2.45, 2.75) is 44.2 Å². The van der Waals surface area contributed by atoms with Crippen LogP contribution in [0.3, 0.4) is 0 Å². The molecule has 0 N–H and O–H groups in total. The Bertz CT molecular complexity index is 811. The number of carbonyl (C=O) groups excluding carboxylic acids is 2. The van der Waals surface area contributed by atoms with Crippen molar-refractivity contribution in [3.8, 4) is 0 Å². The molecule has 1 aliphatic carbocycles. The van der Waals surface area contributed by atoms with Gasteiger partial charge < -0.3 is 9.80 Å². The minimum atomic E-state index is -0.164. The predicted molar refractivity (Wildman–Crippen MR) is 96.2 cm³/mol. The standard InChI is InChI=1S/C19H21N3O2S/c23-17-10-12(11-22(17)13-7-8-13)19(24)21-9-3-5-15(21)18-20-14-4-1-2-6-16(14)25-18/h1-2,4,6,12-13,15H,3,5,7-11H2. The van der Waals surface area contributed by atoms with Crippen LogP contribution in [0.5, 0.6) is 0 Å². The number of rotatable bonds is 3. The van der Waals surface area contributed by atoms with Crippen molar-refractivity contribution in [1.29, 1.82) is 0 Å². The number of hydrogen-bond acceptors (Lipinski definition) is 4. The molecule has 1 saturated carbocycles. The maximum atomic E-state index is 13.1. The van der Waals surface area contributed by atoms with E-state index in [-0.39, 0.29) is 23.8 Å². The van der Waals surface area contributed by atoms with E-state index >= 15 is 0 Å². The molecule has 3 heterocycles.